The second-order valence-corrected chi connectivity index (χ2v) is 9.81. The number of hydrogen-bond donors (Lipinski definition) is 1. The number of hydrogen-bond acceptors (Lipinski definition) is 4. The average Bonchev–Trinajstić information content (AvgIpc) is 3.16. The van der Waals surface area contributed by atoms with E-state index in [9.17, 15) is 13.2 Å². The lowest BCUT2D eigenvalue weighted by Crippen LogP contribution is -2.24. The van der Waals surface area contributed by atoms with Crippen LogP contribution in [0.3, 0.4) is 0 Å². The van der Waals surface area contributed by atoms with E-state index in [0.717, 1.165) is 11.1 Å². The van der Waals surface area contributed by atoms with Crippen LogP contribution in [0.5, 0.6) is 11.5 Å². The van der Waals surface area contributed by atoms with Crippen LogP contribution in [-0.4, -0.2) is 20.9 Å². The predicted molar refractivity (Wildman–Crippen MR) is 126 cm³/mol. The molecule has 3 aromatic rings. The van der Waals surface area contributed by atoms with Gasteiger partial charge in [-0.1, -0.05) is 29.3 Å². The Kier molecular flexibility index (Phi) is 6.13. The van der Waals surface area contributed by atoms with E-state index in [0.29, 0.717) is 34.4 Å². The second-order valence-electron chi connectivity index (χ2n) is 7.81. The first kappa shape index (κ1) is 22.8. The predicted octanol–water partition coefficient (Wildman–Crippen LogP) is 5.16. The molecule has 0 aromatic heterocycles. The first-order chi connectivity index (χ1) is 15.7. The minimum Gasteiger partial charge on any atom is -0.468 e. The van der Waals surface area contributed by atoms with Crippen molar-refractivity contribution in [3.63, 3.8) is 0 Å². The summed E-state index contributed by atoms with van der Waals surface area (Å²) in [4.78, 5) is 17.9. The first-order valence-electron chi connectivity index (χ1n) is 10.0. The molecule has 3 aromatic carbocycles. The minimum atomic E-state index is -3.81. The highest BCUT2D eigenvalue weighted by molar-refractivity contribution is 7.89. The Morgan fingerprint density at radius 3 is 2.48 bits per heavy atom. The lowest BCUT2D eigenvalue weighted by molar-refractivity contribution is -0.117. The van der Waals surface area contributed by atoms with Gasteiger partial charge in [0.2, 0.25) is 21.6 Å². The molecule has 0 unspecified atom stereocenters. The van der Waals surface area contributed by atoms with Gasteiger partial charge in [-0.15, -0.1) is 0 Å². The molecule has 4 rings (SSSR count). The summed E-state index contributed by atoms with van der Waals surface area (Å²) < 4.78 is 29.1. The number of carbonyl (C=O) groups excluding carboxylic acids is 1. The molecule has 9 heteroatoms. The minimum absolute atomic E-state index is 0.0171. The van der Waals surface area contributed by atoms with E-state index in [2.05, 4.69) is 4.85 Å². The van der Waals surface area contributed by atoms with Gasteiger partial charge < -0.3 is 9.64 Å². The molecule has 1 saturated heterocycles. The zero-order chi connectivity index (χ0) is 23.8. The smallest absolute Gasteiger partial charge is 0.238 e. The van der Waals surface area contributed by atoms with Crippen LogP contribution in [0.2, 0.25) is 5.02 Å². The monoisotopic (exact) mass is 481 g/mol. The van der Waals surface area contributed by atoms with Crippen molar-refractivity contribution >= 4 is 38.9 Å². The van der Waals surface area contributed by atoms with Gasteiger partial charge in [-0.05, 0) is 55.5 Å². The second kappa shape index (κ2) is 8.87. The van der Waals surface area contributed by atoms with Crippen LogP contribution < -0.4 is 14.8 Å². The SMILES string of the molecule is [C-]#[N+]c1cc(C)ccc1Oc1cc(Cl)ccc1[C@H]1CC(=O)N(c2ccc(S(N)(=O)=O)cc2)C1. The summed E-state index contributed by atoms with van der Waals surface area (Å²) in [5, 5.41) is 5.63. The van der Waals surface area contributed by atoms with Crippen LogP contribution in [-0.2, 0) is 14.8 Å². The van der Waals surface area contributed by atoms with E-state index < -0.39 is 10.0 Å². The molecule has 0 bridgehead atoms. The van der Waals surface area contributed by atoms with Gasteiger partial charge >= 0.3 is 0 Å². The molecular weight excluding hydrogens is 462 g/mol. The van der Waals surface area contributed by atoms with E-state index in [-0.39, 0.29) is 23.1 Å². The number of rotatable bonds is 5. The van der Waals surface area contributed by atoms with E-state index in [1.165, 1.54) is 12.1 Å². The van der Waals surface area contributed by atoms with Crippen molar-refractivity contribution in [1.29, 1.82) is 0 Å². The van der Waals surface area contributed by atoms with Gasteiger partial charge in [-0.2, -0.15) is 0 Å². The van der Waals surface area contributed by atoms with Gasteiger partial charge in [0.05, 0.1) is 11.5 Å². The number of anilines is 1. The normalized spacial score (nSPS) is 16.0. The highest BCUT2D eigenvalue weighted by Crippen LogP contribution is 2.41. The molecule has 1 heterocycles. The van der Waals surface area contributed by atoms with Crippen LogP contribution in [0.15, 0.2) is 65.6 Å². The first-order valence-corrected chi connectivity index (χ1v) is 12.0. The molecule has 1 atom stereocenters. The summed E-state index contributed by atoms with van der Waals surface area (Å²) in [5.41, 5.74) is 2.72. The Hall–Kier alpha value is -3.38. The van der Waals surface area contributed by atoms with Gasteiger partial charge in [0, 0.05) is 35.2 Å². The lowest BCUT2D eigenvalue weighted by atomic mass is 9.97. The van der Waals surface area contributed by atoms with Crippen LogP contribution >= 0.6 is 11.6 Å². The third kappa shape index (κ3) is 4.86. The van der Waals surface area contributed by atoms with Crippen LogP contribution in [0, 0.1) is 13.5 Å². The third-order valence-corrected chi connectivity index (χ3v) is 6.64. The number of amides is 1. The maximum absolute atomic E-state index is 12.8. The average molecular weight is 482 g/mol. The number of ether oxygens (including phenoxy) is 1. The zero-order valence-electron chi connectivity index (χ0n) is 17.7. The molecule has 0 radical (unpaired) electrons. The molecule has 168 valence electrons. The maximum Gasteiger partial charge on any atom is 0.238 e. The fourth-order valence-corrected chi connectivity index (χ4v) is 4.51. The molecule has 2 N–H and O–H groups in total. The summed E-state index contributed by atoms with van der Waals surface area (Å²) >= 11 is 6.22. The van der Waals surface area contributed by atoms with Crippen molar-refractivity contribution in [3.8, 4) is 11.5 Å². The third-order valence-electron chi connectivity index (χ3n) is 5.47. The van der Waals surface area contributed by atoms with Crippen molar-refractivity contribution < 1.29 is 17.9 Å². The molecule has 1 aliphatic rings. The Morgan fingerprint density at radius 2 is 1.82 bits per heavy atom. The Balaban J connectivity index is 1.63. The number of nitrogens with two attached hydrogens (primary N) is 1. The Labute approximate surface area is 197 Å². The van der Waals surface area contributed by atoms with E-state index in [4.69, 9.17) is 28.0 Å². The molecule has 0 spiro atoms. The van der Waals surface area contributed by atoms with E-state index >= 15 is 0 Å². The van der Waals surface area contributed by atoms with Crippen LogP contribution in [0.4, 0.5) is 11.4 Å². The topological polar surface area (TPSA) is 94.1 Å². The Morgan fingerprint density at radius 1 is 1.09 bits per heavy atom. The van der Waals surface area contributed by atoms with Gasteiger partial charge in [-0.25, -0.2) is 18.4 Å². The molecule has 1 fully saturated rings. The number of primary sulfonamides is 1. The molecule has 1 aliphatic heterocycles. The quantitative estimate of drug-likeness (QED) is 0.509. The van der Waals surface area contributed by atoms with Gasteiger partial charge in [0.1, 0.15) is 11.5 Å². The number of sulfonamides is 1. The largest absolute Gasteiger partial charge is 0.468 e. The maximum atomic E-state index is 12.8. The summed E-state index contributed by atoms with van der Waals surface area (Å²) in [7, 11) is -3.81. The lowest BCUT2D eigenvalue weighted by Gasteiger charge is -2.19. The Bertz CT molecular complexity index is 1380. The van der Waals surface area contributed by atoms with E-state index in [1.807, 2.05) is 19.1 Å². The summed E-state index contributed by atoms with van der Waals surface area (Å²) in [5.74, 6) is 0.630. The fraction of sp³-hybridized carbons (Fsp3) is 0.167. The number of benzene rings is 3. The van der Waals surface area contributed by atoms with Crippen LogP contribution in [0.25, 0.3) is 4.85 Å². The van der Waals surface area contributed by atoms with Crippen molar-refractivity contribution in [3.05, 3.63) is 88.2 Å². The molecule has 0 aliphatic carbocycles. The van der Waals surface area contributed by atoms with E-state index in [1.54, 1.807) is 41.3 Å². The number of nitrogens with zero attached hydrogens (tertiary/aromatic N) is 2. The van der Waals surface area contributed by atoms with Crippen molar-refractivity contribution in [2.75, 3.05) is 11.4 Å². The highest BCUT2D eigenvalue weighted by Gasteiger charge is 2.33. The summed E-state index contributed by atoms with van der Waals surface area (Å²) in [6.07, 6.45) is 0.249. The zero-order valence-corrected chi connectivity index (χ0v) is 19.2. The molecule has 7 nitrogen and oxygen atoms in total. The van der Waals surface area contributed by atoms with Gasteiger partial charge in [-0.3, -0.25) is 4.79 Å². The van der Waals surface area contributed by atoms with Crippen molar-refractivity contribution in [2.45, 2.75) is 24.2 Å². The number of halogens is 1. The highest BCUT2D eigenvalue weighted by atomic mass is 35.5. The van der Waals surface area contributed by atoms with Crippen LogP contribution in [0.1, 0.15) is 23.5 Å². The molecule has 33 heavy (non-hydrogen) atoms. The molecule has 0 saturated carbocycles. The van der Waals surface area contributed by atoms with Crippen molar-refractivity contribution in [2.24, 2.45) is 5.14 Å². The standard InChI is InChI=1S/C24H20ClN3O4S/c1-15-3-10-22(21(11-15)27-2)32-23-13-17(25)4-9-20(23)16-12-24(29)28(14-16)18-5-7-19(8-6-18)33(26,30)31/h3-11,13,16H,12,14H2,1H3,(H2,26,30,31)/t16-/m0/s1. The summed E-state index contributed by atoms with van der Waals surface area (Å²) in [6, 6.07) is 16.5. The fourth-order valence-electron chi connectivity index (χ4n) is 3.83. The molecule has 1 amide bonds. The van der Waals surface area contributed by atoms with Gasteiger partial charge in [0.15, 0.2) is 0 Å². The van der Waals surface area contributed by atoms with Gasteiger partial charge in [0.25, 0.3) is 0 Å². The molecular formula is C24H20ClN3O4S. The number of carbonyl (C=O) groups is 1. The van der Waals surface area contributed by atoms with Crippen molar-refractivity contribution in [1.82, 2.24) is 0 Å². The summed E-state index contributed by atoms with van der Waals surface area (Å²) in [6.45, 7) is 9.72. The number of aryl methyl sites for hydroxylation is 1.